The number of pyridine rings is 1. The molecule has 0 saturated carbocycles. The van der Waals surface area contributed by atoms with Crippen molar-refractivity contribution in [3.63, 3.8) is 0 Å². The zero-order chi connectivity index (χ0) is 23.2. The van der Waals surface area contributed by atoms with E-state index in [0.717, 1.165) is 21.7 Å². The molecule has 3 heterocycles. The van der Waals surface area contributed by atoms with Crippen molar-refractivity contribution in [2.24, 2.45) is 0 Å². The second kappa shape index (κ2) is 7.89. The first-order valence-corrected chi connectivity index (χ1v) is 11.5. The van der Waals surface area contributed by atoms with Crippen LogP contribution in [0.4, 0.5) is 5.82 Å². The average Bonchev–Trinajstić information content (AvgIpc) is 3.19. The van der Waals surface area contributed by atoms with Gasteiger partial charge in [-0.15, -0.1) is 11.3 Å². The van der Waals surface area contributed by atoms with Gasteiger partial charge in [0.2, 0.25) is 0 Å². The molecular weight excluding hydrogens is 480 g/mol. The summed E-state index contributed by atoms with van der Waals surface area (Å²) in [5, 5.41) is 10.4. The average molecular weight is 493 g/mol. The largest absolute Gasteiger partial charge is 0.477 e. The Bertz CT molecular complexity index is 1590. The normalized spacial score (nSPS) is 11.6. The molecule has 0 fully saturated rings. The van der Waals surface area contributed by atoms with E-state index in [1.807, 2.05) is 0 Å². The number of aromatic nitrogens is 3. The van der Waals surface area contributed by atoms with Gasteiger partial charge in [-0.05, 0) is 30.3 Å². The fourth-order valence-electron chi connectivity index (χ4n) is 3.06. The van der Waals surface area contributed by atoms with E-state index in [-0.39, 0.29) is 37.2 Å². The number of carboxylic acids is 1. The highest BCUT2D eigenvalue weighted by Crippen LogP contribution is 2.27. The number of H-pyrrole nitrogens is 1. The Morgan fingerprint density at radius 1 is 1.25 bits per heavy atom. The summed E-state index contributed by atoms with van der Waals surface area (Å²) < 4.78 is 27.8. The molecule has 0 spiro atoms. The summed E-state index contributed by atoms with van der Waals surface area (Å²) in [4.78, 5) is 43.1. The number of nitrogens with one attached hydrogen (secondary N) is 1. The molecule has 0 aliphatic heterocycles. The molecule has 164 valence electrons. The Labute approximate surface area is 189 Å². The number of aromatic carboxylic acids is 1. The van der Waals surface area contributed by atoms with Crippen LogP contribution in [0.5, 0.6) is 0 Å². The van der Waals surface area contributed by atoms with Crippen molar-refractivity contribution in [2.75, 3.05) is 11.4 Å². The van der Waals surface area contributed by atoms with Crippen LogP contribution in [0, 0.1) is 0 Å². The maximum atomic E-state index is 13.1. The fourth-order valence-corrected chi connectivity index (χ4v) is 5.26. The molecule has 0 amide bonds. The van der Waals surface area contributed by atoms with Crippen LogP contribution in [0.3, 0.4) is 0 Å². The molecule has 0 radical (unpaired) electrons. The van der Waals surface area contributed by atoms with Crippen LogP contribution in [-0.2, 0) is 10.0 Å². The van der Waals surface area contributed by atoms with Crippen LogP contribution >= 0.6 is 22.9 Å². The summed E-state index contributed by atoms with van der Waals surface area (Å²) in [5.74, 6) is -1.18. The molecule has 0 unspecified atom stereocenters. The van der Waals surface area contributed by atoms with Crippen molar-refractivity contribution in [3.05, 3.63) is 78.7 Å². The van der Waals surface area contributed by atoms with Crippen molar-refractivity contribution in [3.8, 4) is 5.69 Å². The summed E-state index contributed by atoms with van der Waals surface area (Å²) in [6.07, 6.45) is 1.43. The van der Waals surface area contributed by atoms with Gasteiger partial charge in [0.25, 0.3) is 15.6 Å². The van der Waals surface area contributed by atoms with E-state index in [0.29, 0.717) is 4.57 Å². The predicted molar refractivity (Wildman–Crippen MR) is 120 cm³/mol. The van der Waals surface area contributed by atoms with Crippen LogP contribution in [0.1, 0.15) is 9.67 Å². The SMILES string of the molecule is CN(c1ccccn1)S(=O)(=O)c1ccc(Cl)c(-n2c(=O)[nH]c3csc(C(=O)O)c3c2=O)c1. The molecule has 0 bridgehead atoms. The second-order valence-electron chi connectivity index (χ2n) is 6.50. The third-order valence-corrected chi connectivity index (χ3v) is 7.68. The summed E-state index contributed by atoms with van der Waals surface area (Å²) in [5.41, 5.74) is -1.98. The number of aromatic amines is 1. The number of hydrogen-bond donors (Lipinski definition) is 2. The lowest BCUT2D eigenvalue weighted by Gasteiger charge is -2.19. The number of carbonyl (C=O) groups is 1. The van der Waals surface area contributed by atoms with Crippen molar-refractivity contribution in [1.29, 1.82) is 0 Å². The first-order valence-electron chi connectivity index (χ1n) is 8.82. The van der Waals surface area contributed by atoms with E-state index >= 15 is 0 Å². The second-order valence-corrected chi connectivity index (χ2v) is 9.76. The van der Waals surface area contributed by atoms with Gasteiger partial charge in [0.05, 0.1) is 26.5 Å². The van der Waals surface area contributed by atoms with Crippen LogP contribution in [0.15, 0.2) is 62.5 Å². The predicted octanol–water partition coefficient (Wildman–Crippen LogP) is 2.31. The molecular formula is C19H13ClN4O6S2. The lowest BCUT2D eigenvalue weighted by Crippen LogP contribution is -2.34. The Hall–Kier alpha value is -3.48. The molecule has 3 aromatic heterocycles. The van der Waals surface area contributed by atoms with Gasteiger partial charge in [0, 0.05) is 18.6 Å². The van der Waals surface area contributed by atoms with E-state index in [9.17, 15) is 27.9 Å². The minimum atomic E-state index is -4.13. The molecule has 32 heavy (non-hydrogen) atoms. The van der Waals surface area contributed by atoms with Gasteiger partial charge in [-0.3, -0.25) is 9.10 Å². The number of benzene rings is 1. The first kappa shape index (κ1) is 21.7. The van der Waals surface area contributed by atoms with Gasteiger partial charge in [0.1, 0.15) is 10.7 Å². The van der Waals surface area contributed by atoms with Crippen molar-refractivity contribution in [1.82, 2.24) is 14.5 Å². The number of rotatable bonds is 5. The number of hydrogen-bond acceptors (Lipinski definition) is 7. The summed E-state index contributed by atoms with van der Waals surface area (Å²) >= 11 is 6.99. The van der Waals surface area contributed by atoms with Crippen LogP contribution < -0.4 is 15.6 Å². The maximum Gasteiger partial charge on any atom is 0.346 e. The molecule has 0 aliphatic rings. The zero-order valence-electron chi connectivity index (χ0n) is 16.1. The lowest BCUT2D eigenvalue weighted by molar-refractivity contribution is 0.0704. The minimum absolute atomic E-state index is 0.0634. The highest BCUT2D eigenvalue weighted by Gasteiger charge is 2.25. The number of thiophene rings is 1. The molecule has 0 atom stereocenters. The van der Waals surface area contributed by atoms with Gasteiger partial charge in [-0.1, -0.05) is 17.7 Å². The lowest BCUT2D eigenvalue weighted by atomic mass is 10.2. The molecule has 1 aromatic carbocycles. The molecule has 13 heteroatoms. The van der Waals surface area contributed by atoms with Gasteiger partial charge >= 0.3 is 11.7 Å². The van der Waals surface area contributed by atoms with Gasteiger partial charge in [-0.2, -0.15) is 0 Å². The zero-order valence-corrected chi connectivity index (χ0v) is 18.5. The van der Waals surface area contributed by atoms with E-state index in [2.05, 4.69) is 9.97 Å². The first-order chi connectivity index (χ1) is 15.1. The summed E-state index contributed by atoms with van der Waals surface area (Å²) in [6, 6.07) is 8.29. The van der Waals surface area contributed by atoms with Gasteiger partial charge in [-0.25, -0.2) is 27.6 Å². The van der Waals surface area contributed by atoms with Crippen LogP contribution in [-0.4, -0.2) is 41.1 Å². The number of sulfonamides is 1. The summed E-state index contributed by atoms with van der Waals surface area (Å²) in [7, 11) is -2.82. The van der Waals surface area contributed by atoms with E-state index in [4.69, 9.17) is 11.6 Å². The molecule has 2 N–H and O–H groups in total. The molecule has 4 aromatic rings. The molecule has 4 rings (SSSR count). The highest BCUT2D eigenvalue weighted by molar-refractivity contribution is 7.92. The van der Waals surface area contributed by atoms with E-state index in [1.54, 1.807) is 12.1 Å². The molecule has 0 saturated heterocycles. The molecule has 10 nitrogen and oxygen atoms in total. The third kappa shape index (κ3) is 3.47. The van der Waals surface area contributed by atoms with Gasteiger partial charge < -0.3 is 10.1 Å². The Morgan fingerprint density at radius 3 is 2.66 bits per heavy atom. The Morgan fingerprint density at radius 2 is 2.00 bits per heavy atom. The van der Waals surface area contributed by atoms with Crippen molar-refractivity contribution < 1.29 is 18.3 Å². The Kier molecular flexibility index (Phi) is 5.36. The number of nitrogens with zero attached hydrogens (tertiary/aromatic N) is 3. The van der Waals surface area contributed by atoms with Crippen LogP contribution in [0.2, 0.25) is 5.02 Å². The van der Waals surface area contributed by atoms with Crippen molar-refractivity contribution >= 4 is 55.7 Å². The van der Waals surface area contributed by atoms with Crippen molar-refractivity contribution in [2.45, 2.75) is 4.90 Å². The smallest absolute Gasteiger partial charge is 0.346 e. The number of anilines is 1. The standard InChI is InChI=1S/C19H13ClN4O6S2/c1-23(14-4-2-3-7-21-14)32(29,30)10-5-6-11(20)13(8-10)24-17(25)15-12(22-19(24)28)9-31-16(15)18(26)27/h2-9H,1H3,(H,22,28)(H,26,27). The summed E-state index contributed by atoms with van der Waals surface area (Å²) in [6.45, 7) is 0. The molecule has 0 aliphatic carbocycles. The van der Waals surface area contributed by atoms with E-state index in [1.165, 1.54) is 36.8 Å². The number of carboxylic acid groups (broad SMARTS) is 1. The fraction of sp³-hybridized carbons (Fsp3) is 0.0526. The maximum absolute atomic E-state index is 13.1. The third-order valence-electron chi connectivity index (χ3n) is 4.64. The minimum Gasteiger partial charge on any atom is -0.477 e. The number of fused-ring (bicyclic) bond motifs is 1. The van der Waals surface area contributed by atoms with Crippen LogP contribution in [0.25, 0.3) is 16.6 Å². The number of halogens is 1. The van der Waals surface area contributed by atoms with Gasteiger partial charge in [0.15, 0.2) is 0 Å². The highest BCUT2D eigenvalue weighted by atomic mass is 35.5. The topological polar surface area (TPSA) is 142 Å². The monoisotopic (exact) mass is 492 g/mol. The quantitative estimate of drug-likeness (QED) is 0.435. The van der Waals surface area contributed by atoms with E-state index < -0.39 is 27.2 Å². The Balaban J connectivity index is 1.94.